The van der Waals surface area contributed by atoms with Crippen LogP contribution in [0.2, 0.25) is 0 Å². The Morgan fingerprint density at radius 1 is 1.27 bits per heavy atom. The number of hydrogen-bond acceptors (Lipinski definition) is 6. The molecule has 0 bridgehead atoms. The molecule has 6 nitrogen and oxygen atoms in total. The van der Waals surface area contributed by atoms with Gasteiger partial charge in [0.25, 0.3) is 0 Å². The van der Waals surface area contributed by atoms with E-state index < -0.39 is 23.6 Å². The van der Waals surface area contributed by atoms with E-state index in [0.29, 0.717) is 24.0 Å². The maximum Gasteiger partial charge on any atom is 0.342 e. The molecule has 0 saturated heterocycles. The third kappa shape index (κ3) is 1.61. The summed E-state index contributed by atoms with van der Waals surface area (Å²) in [6, 6.07) is 0. The average molecular weight is 358 g/mol. The van der Waals surface area contributed by atoms with E-state index in [9.17, 15) is 19.8 Å². The Labute approximate surface area is 150 Å². The third-order valence-electron chi connectivity index (χ3n) is 7.54. The van der Waals surface area contributed by atoms with Crippen molar-refractivity contribution >= 4 is 11.8 Å². The molecule has 0 aromatic carbocycles. The van der Waals surface area contributed by atoms with E-state index >= 15 is 0 Å². The van der Waals surface area contributed by atoms with Gasteiger partial charge in [-0.05, 0) is 44.1 Å². The SMILES string of the molecule is C[C@]12CCC3=C(C(=O)c4occ5c4[C@]3(C)[C@@H](CO)OC5=O)[C@@H]1CC[C@@H]2O. The molecule has 1 saturated carbocycles. The first kappa shape index (κ1) is 16.3. The molecule has 5 rings (SSSR count). The second-order valence-corrected chi connectivity index (χ2v) is 8.51. The van der Waals surface area contributed by atoms with E-state index in [1.54, 1.807) is 0 Å². The van der Waals surface area contributed by atoms with Crippen LogP contribution in [0.5, 0.6) is 0 Å². The van der Waals surface area contributed by atoms with E-state index in [1.165, 1.54) is 6.26 Å². The topological polar surface area (TPSA) is 97.0 Å². The summed E-state index contributed by atoms with van der Waals surface area (Å²) >= 11 is 0. The van der Waals surface area contributed by atoms with Crippen molar-refractivity contribution in [2.24, 2.45) is 11.3 Å². The molecule has 5 atom stereocenters. The molecule has 0 unspecified atom stereocenters. The molecular weight excluding hydrogens is 336 g/mol. The molecule has 0 spiro atoms. The van der Waals surface area contributed by atoms with Crippen molar-refractivity contribution < 1.29 is 29.0 Å². The van der Waals surface area contributed by atoms with Crippen LogP contribution in [0.3, 0.4) is 0 Å². The number of cyclic esters (lactones) is 1. The fraction of sp³-hybridized carbons (Fsp3) is 0.600. The summed E-state index contributed by atoms with van der Waals surface area (Å²) in [5.41, 5.74) is 1.42. The summed E-state index contributed by atoms with van der Waals surface area (Å²) in [6.07, 6.45) is 2.98. The van der Waals surface area contributed by atoms with Crippen molar-refractivity contribution in [2.45, 2.75) is 57.2 Å². The molecular formula is C20H22O6. The number of allylic oxidation sites excluding steroid dienone is 1. The molecule has 0 amide bonds. The highest BCUT2D eigenvalue weighted by molar-refractivity contribution is 6.13. The monoisotopic (exact) mass is 358 g/mol. The van der Waals surface area contributed by atoms with Gasteiger partial charge in [-0.1, -0.05) is 6.92 Å². The minimum absolute atomic E-state index is 0.0377. The Kier molecular flexibility index (Phi) is 3.05. The maximum absolute atomic E-state index is 13.3. The van der Waals surface area contributed by atoms with Crippen molar-refractivity contribution in [3.05, 3.63) is 34.3 Å². The smallest absolute Gasteiger partial charge is 0.342 e. The predicted octanol–water partition coefficient (Wildman–Crippen LogP) is 2.13. The third-order valence-corrected chi connectivity index (χ3v) is 7.54. The second kappa shape index (κ2) is 4.87. The van der Waals surface area contributed by atoms with Crippen LogP contribution in [0.1, 0.15) is 66.0 Å². The molecule has 3 aliphatic carbocycles. The first-order valence-corrected chi connectivity index (χ1v) is 9.24. The molecule has 2 N–H and O–H groups in total. The number of ketones is 1. The summed E-state index contributed by atoms with van der Waals surface area (Å²) in [5, 5.41) is 20.5. The predicted molar refractivity (Wildman–Crippen MR) is 89.8 cm³/mol. The number of carbonyl (C=O) groups excluding carboxylic acids is 2. The first-order valence-electron chi connectivity index (χ1n) is 9.24. The minimum atomic E-state index is -0.765. The molecule has 1 aliphatic heterocycles. The lowest BCUT2D eigenvalue weighted by Gasteiger charge is -2.50. The lowest BCUT2D eigenvalue weighted by molar-refractivity contribution is -0.0186. The van der Waals surface area contributed by atoms with Gasteiger partial charge in [0.1, 0.15) is 17.9 Å². The van der Waals surface area contributed by atoms with Gasteiger partial charge in [-0.2, -0.15) is 0 Å². The van der Waals surface area contributed by atoms with Crippen molar-refractivity contribution in [3.8, 4) is 0 Å². The highest BCUT2D eigenvalue weighted by Crippen LogP contribution is 2.61. The van der Waals surface area contributed by atoms with Crippen molar-refractivity contribution in [1.82, 2.24) is 0 Å². The van der Waals surface area contributed by atoms with Gasteiger partial charge >= 0.3 is 5.97 Å². The summed E-state index contributed by atoms with van der Waals surface area (Å²) in [6.45, 7) is 3.68. The van der Waals surface area contributed by atoms with Crippen LogP contribution in [-0.4, -0.2) is 40.8 Å². The Morgan fingerprint density at radius 2 is 2.04 bits per heavy atom. The van der Waals surface area contributed by atoms with Crippen LogP contribution in [0, 0.1) is 11.3 Å². The zero-order valence-electron chi connectivity index (χ0n) is 14.9. The van der Waals surface area contributed by atoms with Crippen LogP contribution in [-0.2, 0) is 10.2 Å². The van der Waals surface area contributed by atoms with E-state index in [0.717, 1.165) is 18.4 Å². The van der Waals surface area contributed by atoms with Gasteiger partial charge < -0.3 is 19.4 Å². The normalized spacial score (nSPS) is 40.8. The lowest BCUT2D eigenvalue weighted by Crippen LogP contribution is -2.53. The molecule has 1 aromatic rings. The molecule has 138 valence electrons. The van der Waals surface area contributed by atoms with Gasteiger partial charge in [-0.25, -0.2) is 4.79 Å². The number of esters is 1. The number of aliphatic hydroxyl groups excluding tert-OH is 2. The van der Waals surface area contributed by atoms with Crippen molar-refractivity contribution in [3.63, 3.8) is 0 Å². The van der Waals surface area contributed by atoms with Gasteiger partial charge in [0.2, 0.25) is 5.78 Å². The lowest BCUT2D eigenvalue weighted by atomic mass is 9.55. The Balaban J connectivity index is 1.79. The van der Waals surface area contributed by atoms with Crippen LogP contribution in [0.15, 0.2) is 21.8 Å². The number of fused-ring (bicyclic) bond motifs is 3. The van der Waals surface area contributed by atoms with Crippen LogP contribution in [0.4, 0.5) is 0 Å². The van der Waals surface area contributed by atoms with Crippen LogP contribution < -0.4 is 0 Å². The second-order valence-electron chi connectivity index (χ2n) is 8.51. The highest BCUT2D eigenvalue weighted by atomic mass is 16.6. The molecule has 0 radical (unpaired) electrons. The molecule has 1 aromatic heterocycles. The molecule has 2 heterocycles. The maximum atomic E-state index is 13.3. The number of carbonyl (C=O) groups is 2. The minimum Gasteiger partial charge on any atom is -0.460 e. The molecule has 6 heteroatoms. The Bertz CT molecular complexity index is 879. The van der Waals surface area contributed by atoms with Crippen LogP contribution >= 0.6 is 0 Å². The fourth-order valence-corrected chi connectivity index (χ4v) is 5.95. The van der Waals surface area contributed by atoms with Gasteiger partial charge in [-0.15, -0.1) is 0 Å². The Morgan fingerprint density at radius 3 is 2.77 bits per heavy atom. The number of Topliss-reactive ketones (excluding diaryl/α,β-unsaturated/α-hetero) is 1. The summed E-state index contributed by atoms with van der Waals surface area (Å²) in [7, 11) is 0. The zero-order valence-corrected chi connectivity index (χ0v) is 14.9. The van der Waals surface area contributed by atoms with Gasteiger partial charge in [-0.3, -0.25) is 4.79 Å². The highest BCUT2D eigenvalue weighted by Gasteiger charge is 2.61. The number of hydrogen-bond donors (Lipinski definition) is 2. The summed E-state index contributed by atoms with van der Waals surface area (Å²) in [4.78, 5) is 25.6. The number of aliphatic hydroxyl groups is 2. The average Bonchev–Trinajstić information content (AvgIpc) is 3.19. The van der Waals surface area contributed by atoms with E-state index in [1.807, 2.05) is 6.92 Å². The first-order chi connectivity index (χ1) is 12.3. The van der Waals surface area contributed by atoms with Gasteiger partial charge in [0.05, 0.1) is 18.1 Å². The van der Waals surface area contributed by atoms with Gasteiger partial charge in [0, 0.05) is 16.6 Å². The largest absolute Gasteiger partial charge is 0.460 e. The van der Waals surface area contributed by atoms with E-state index in [2.05, 4.69) is 6.92 Å². The Hall–Kier alpha value is -1.92. The number of furan rings is 1. The van der Waals surface area contributed by atoms with Crippen molar-refractivity contribution in [2.75, 3.05) is 6.61 Å². The van der Waals surface area contributed by atoms with Crippen molar-refractivity contribution in [1.29, 1.82) is 0 Å². The molecule has 1 fully saturated rings. The number of ether oxygens (including phenoxy) is 1. The number of rotatable bonds is 1. The van der Waals surface area contributed by atoms with E-state index in [4.69, 9.17) is 9.15 Å². The zero-order chi connectivity index (χ0) is 18.4. The fourth-order valence-electron chi connectivity index (χ4n) is 5.95. The summed E-state index contributed by atoms with van der Waals surface area (Å²) < 4.78 is 11.1. The quantitative estimate of drug-likeness (QED) is 0.747. The standard InChI is InChI=1S/C20H22O6/c1-19-6-5-11-14(10(19)3-4-12(19)22)16(23)17-15-9(8-25-17)18(24)26-13(7-21)20(11,15)2/h8,10,12-13,21-22H,3-7H2,1-2H3/t10-,12-,13+,19-,20-/m0/s1. The van der Waals surface area contributed by atoms with Gasteiger partial charge in [0.15, 0.2) is 5.76 Å². The summed E-state index contributed by atoms with van der Waals surface area (Å²) in [5.74, 6) is -0.568. The van der Waals surface area contributed by atoms with Crippen LogP contribution in [0.25, 0.3) is 0 Å². The molecule has 4 aliphatic rings. The molecule has 26 heavy (non-hydrogen) atoms. The van der Waals surface area contributed by atoms with E-state index in [-0.39, 0.29) is 35.0 Å².